The Morgan fingerprint density at radius 1 is 1.33 bits per heavy atom. The molecule has 98 valence electrons. The molecule has 0 bridgehead atoms. The fraction of sp³-hybridized carbons (Fsp3) is 0.462. The van der Waals surface area contributed by atoms with E-state index in [9.17, 15) is 14.3 Å². The van der Waals surface area contributed by atoms with Crippen LogP contribution in [0.5, 0.6) is 0 Å². The molecule has 1 aromatic rings. The number of amides is 1. The minimum Gasteiger partial charge on any atom is -0.393 e. The van der Waals surface area contributed by atoms with Crippen molar-refractivity contribution in [3.05, 3.63) is 29.6 Å². The van der Waals surface area contributed by atoms with Crippen molar-refractivity contribution in [3.63, 3.8) is 0 Å². The molecular formula is C13H17FN2O2. The van der Waals surface area contributed by atoms with Gasteiger partial charge in [0.05, 0.1) is 17.4 Å². The molecule has 0 heterocycles. The lowest BCUT2D eigenvalue weighted by molar-refractivity contribution is 0.1000. The van der Waals surface area contributed by atoms with Crippen molar-refractivity contribution in [2.75, 3.05) is 5.32 Å². The molecule has 0 aromatic heterocycles. The molecule has 0 radical (unpaired) electrons. The summed E-state index contributed by atoms with van der Waals surface area (Å²) >= 11 is 0. The zero-order valence-electron chi connectivity index (χ0n) is 10.0. The van der Waals surface area contributed by atoms with Crippen LogP contribution in [0.2, 0.25) is 0 Å². The van der Waals surface area contributed by atoms with E-state index < -0.39 is 11.7 Å². The molecular weight excluding hydrogens is 235 g/mol. The fourth-order valence-corrected chi connectivity index (χ4v) is 2.30. The molecule has 4 nitrogen and oxygen atoms in total. The highest BCUT2D eigenvalue weighted by atomic mass is 19.1. The van der Waals surface area contributed by atoms with Gasteiger partial charge in [-0.2, -0.15) is 0 Å². The van der Waals surface area contributed by atoms with E-state index in [4.69, 9.17) is 5.73 Å². The smallest absolute Gasteiger partial charge is 0.250 e. The normalized spacial score (nSPS) is 23.7. The second-order valence-electron chi connectivity index (χ2n) is 4.68. The van der Waals surface area contributed by atoms with Gasteiger partial charge in [-0.1, -0.05) is 6.07 Å². The summed E-state index contributed by atoms with van der Waals surface area (Å²) in [6.07, 6.45) is 2.64. The molecule has 0 spiro atoms. The summed E-state index contributed by atoms with van der Waals surface area (Å²) in [4.78, 5) is 11.2. The average molecular weight is 252 g/mol. The van der Waals surface area contributed by atoms with Crippen LogP contribution in [0.1, 0.15) is 36.0 Å². The third-order valence-corrected chi connectivity index (χ3v) is 3.32. The monoisotopic (exact) mass is 252 g/mol. The summed E-state index contributed by atoms with van der Waals surface area (Å²) in [5.74, 6) is -1.12. The van der Waals surface area contributed by atoms with E-state index in [-0.39, 0.29) is 23.4 Å². The number of hydrogen-bond acceptors (Lipinski definition) is 3. The Hall–Kier alpha value is -1.62. The molecule has 0 unspecified atom stereocenters. The number of aliphatic hydroxyl groups excluding tert-OH is 1. The SMILES string of the molecule is NC(=O)c1cccc(F)c1NC1CCC(O)CC1. The van der Waals surface area contributed by atoms with Crippen molar-refractivity contribution in [2.45, 2.75) is 37.8 Å². The molecule has 1 aliphatic carbocycles. The molecule has 0 saturated heterocycles. The van der Waals surface area contributed by atoms with E-state index in [1.807, 2.05) is 0 Å². The standard InChI is InChI=1S/C13H17FN2O2/c14-11-3-1-2-10(13(15)18)12(11)16-8-4-6-9(17)7-5-8/h1-3,8-9,16-17H,4-7H2,(H2,15,18). The Balaban J connectivity index is 2.15. The van der Waals surface area contributed by atoms with Crippen LogP contribution in [0.3, 0.4) is 0 Å². The van der Waals surface area contributed by atoms with Gasteiger partial charge in [-0.15, -0.1) is 0 Å². The van der Waals surface area contributed by atoms with E-state index in [1.54, 1.807) is 0 Å². The van der Waals surface area contributed by atoms with Crippen molar-refractivity contribution in [2.24, 2.45) is 5.73 Å². The van der Waals surface area contributed by atoms with Gasteiger partial charge in [-0.05, 0) is 37.8 Å². The molecule has 1 fully saturated rings. The maximum Gasteiger partial charge on any atom is 0.250 e. The van der Waals surface area contributed by atoms with Crippen LogP contribution in [0.25, 0.3) is 0 Å². The predicted molar refractivity (Wildman–Crippen MR) is 66.8 cm³/mol. The number of benzene rings is 1. The molecule has 1 aromatic carbocycles. The third-order valence-electron chi connectivity index (χ3n) is 3.32. The molecule has 2 rings (SSSR count). The molecule has 0 atom stereocenters. The Kier molecular flexibility index (Phi) is 3.81. The number of primary amides is 1. The first-order chi connectivity index (χ1) is 8.58. The van der Waals surface area contributed by atoms with Gasteiger partial charge < -0.3 is 16.2 Å². The summed E-state index contributed by atoms with van der Waals surface area (Å²) in [5.41, 5.74) is 5.57. The predicted octanol–water partition coefficient (Wildman–Crippen LogP) is 1.64. The van der Waals surface area contributed by atoms with Gasteiger partial charge in [0.1, 0.15) is 5.82 Å². The number of nitrogens with one attached hydrogen (secondary N) is 1. The van der Waals surface area contributed by atoms with Crippen LogP contribution in [0.4, 0.5) is 10.1 Å². The molecule has 4 N–H and O–H groups in total. The summed E-state index contributed by atoms with van der Waals surface area (Å²) < 4.78 is 13.7. The number of aliphatic hydroxyl groups is 1. The number of para-hydroxylation sites is 1. The van der Waals surface area contributed by atoms with Crippen LogP contribution < -0.4 is 11.1 Å². The van der Waals surface area contributed by atoms with Gasteiger partial charge in [0, 0.05) is 6.04 Å². The molecule has 1 aliphatic rings. The molecule has 0 aliphatic heterocycles. The molecule has 1 amide bonds. The summed E-state index contributed by atoms with van der Waals surface area (Å²) in [7, 11) is 0. The number of halogens is 1. The highest BCUT2D eigenvalue weighted by Gasteiger charge is 2.22. The number of carbonyl (C=O) groups excluding carboxylic acids is 1. The number of carbonyl (C=O) groups is 1. The average Bonchev–Trinajstić information content (AvgIpc) is 2.34. The first-order valence-electron chi connectivity index (χ1n) is 6.11. The third kappa shape index (κ3) is 2.79. The van der Waals surface area contributed by atoms with Gasteiger partial charge in [0.25, 0.3) is 5.91 Å². The number of anilines is 1. The molecule has 1 saturated carbocycles. The van der Waals surface area contributed by atoms with Crippen LogP contribution in [-0.4, -0.2) is 23.2 Å². The lowest BCUT2D eigenvalue weighted by atomic mass is 9.92. The summed E-state index contributed by atoms with van der Waals surface area (Å²) in [5, 5.41) is 12.4. The Morgan fingerprint density at radius 3 is 2.61 bits per heavy atom. The molecule has 5 heteroatoms. The van der Waals surface area contributed by atoms with E-state index in [0.29, 0.717) is 12.8 Å². The Morgan fingerprint density at radius 2 is 2.00 bits per heavy atom. The number of rotatable bonds is 3. The van der Waals surface area contributed by atoms with Crippen molar-refractivity contribution in [1.82, 2.24) is 0 Å². The minimum absolute atomic E-state index is 0.0726. The van der Waals surface area contributed by atoms with Gasteiger partial charge in [0.2, 0.25) is 0 Å². The maximum atomic E-state index is 13.7. The van der Waals surface area contributed by atoms with E-state index >= 15 is 0 Å². The highest BCUT2D eigenvalue weighted by Crippen LogP contribution is 2.26. The lowest BCUT2D eigenvalue weighted by Gasteiger charge is -2.27. The van der Waals surface area contributed by atoms with Gasteiger partial charge in [0.15, 0.2) is 0 Å². The van der Waals surface area contributed by atoms with Crippen molar-refractivity contribution in [1.29, 1.82) is 0 Å². The van der Waals surface area contributed by atoms with E-state index in [1.165, 1.54) is 18.2 Å². The van der Waals surface area contributed by atoms with Crippen LogP contribution in [0.15, 0.2) is 18.2 Å². The zero-order chi connectivity index (χ0) is 13.1. The largest absolute Gasteiger partial charge is 0.393 e. The number of hydrogen-bond donors (Lipinski definition) is 3. The minimum atomic E-state index is -0.646. The quantitative estimate of drug-likeness (QED) is 0.765. The first-order valence-corrected chi connectivity index (χ1v) is 6.11. The van der Waals surface area contributed by atoms with E-state index in [0.717, 1.165) is 12.8 Å². The van der Waals surface area contributed by atoms with Crippen LogP contribution >= 0.6 is 0 Å². The Bertz CT molecular complexity index is 443. The first kappa shape index (κ1) is 12.8. The summed E-state index contributed by atoms with van der Waals surface area (Å²) in [6.45, 7) is 0. The summed E-state index contributed by atoms with van der Waals surface area (Å²) in [6, 6.07) is 4.34. The van der Waals surface area contributed by atoms with Crippen molar-refractivity contribution < 1.29 is 14.3 Å². The van der Waals surface area contributed by atoms with Crippen molar-refractivity contribution in [3.8, 4) is 0 Å². The number of nitrogens with two attached hydrogens (primary N) is 1. The second kappa shape index (κ2) is 5.35. The van der Waals surface area contributed by atoms with Crippen molar-refractivity contribution >= 4 is 11.6 Å². The Labute approximate surface area is 105 Å². The molecule has 18 heavy (non-hydrogen) atoms. The lowest BCUT2D eigenvalue weighted by Crippen LogP contribution is -2.29. The highest BCUT2D eigenvalue weighted by molar-refractivity contribution is 5.98. The van der Waals surface area contributed by atoms with Gasteiger partial charge >= 0.3 is 0 Å². The van der Waals surface area contributed by atoms with E-state index in [2.05, 4.69) is 5.32 Å². The van der Waals surface area contributed by atoms with Gasteiger partial charge in [-0.3, -0.25) is 4.79 Å². The van der Waals surface area contributed by atoms with Gasteiger partial charge in [-0.25, -0.2) is 4.39 Å². The zero-order valence-corrected chi connectivity index (χ0v) is 10.0. The maximum absolute atomic E-state index is 13.7. The topological polar surface area (TPSA) is 75.4 Å². The second-order valence-corrected chi connectivity index (χ2v) is 4.68. The van der Waals surface area contributed by atoms with Crippen LogP contribution in [-0.2, 0) is 0 Å². The van der Waals surface area contributed by atoms with Crippen LogP contribution in [0, 0.1) is 5.82 Å². The fourth-order valence-electron chi connectivity index (χ4n) is 2.30.